The van der Waals surface area contributed by atoms with Crippen LogP contribution in [-0.2, 0) is 13.0 Å². The third-order valence-corrected chi connectivity index (χ3v) is 4.97. The maximum absolute atomic E-state index is 12.4. The number of amides is 1. The number of carbonyl (C=O) groups is 1. The lowest BCUT2D eigenvalue weighted by atomic mass is 10.0. The van der Waals surface area contributed by atoms with Gasteiger partial charge < -0.3 is 14.8 Å². The molecule has 0 saturated heterocycles. The summed E-state index contributed by atoms with van der Waals surface area (Å²) >= 11 is 0. The van der Waals surface area contributed by atoms with Crippen molar-refractivity contribution < 1.29 is 14.3 Å². The lowest BCUT2D eigenvalue weighted by Gasteiger charge is -2.18. The molecule has 1 heterocycles. The molecule has 0 spiro atoms. The van der Waals surface area contributed by atoms with Gasteiger partial charge in [0.05, 0.1) is 0 Å². The zero-order valence-electron chi connectivity index (χ0n) is 17.0. The topological polar surface area (TPSA) is 47.6 Å². The predicted octanol–water partition coefficient (Wildman–Crippen LogP) is 5.54. The minimum Gasteiger partial charge on any atom is -0.485 e. The highest BCUT2D eigenvalue weighted by atomic mass is 16.5. The number of hydrogen-bond acceptors (Lipinski definition) is 3. The van der Waals surface area contributed by atoms with Gasteiger partial charge in [0.2, 0.25) is 0 Å². The Labute approximate surface area is 171 Å². The van der Waals surface area contributed by atoms with E-state index in [1.807, 2.05) is 67.6 Å². The van der Waals surface area contributed by atoms with Crippen molar-refractivity contribution in [1.29, 1.82) is 0 Å². The van der Waals surface area contributed by atoms with Crippen molar-refractivity contribution in [3.63, 3.8) is 0 Å². The molecule has 3 aromatic carbocycles. The molecule has 0 bridgehead atoms. The number of hydrogen-bond donors (Lipinski definition) is 1. The molecule has 1 aliphatic heterocycles. The van der Waals surface area contributed by atoms with Crippen molar-refractivity contribution in [2.75, 3.05) is 5.32 Å². The Balaban J connectivity index is 1.39. The van der Waals surface area contributed by atoms with Crippen LogP contribution in [0.1, 0.15) is 40.9 Å². The summed E-state index contributed by atoms with van der Waals surface area (Å²) in [6, 6.07) is 21.2. The monoisotopic (exact) mass is 387 g/mol. The van der Waals surface area contributed by atoms with E-state index in [1.54, 1.807) is 0 Å². The summed E-state index contributed by atoms with van der Waals surface area (Å²) in [4.78, 5) is 12.4. The molecule has 1 aliphatic rings. The van der Waals surface area contributed by atoms with Gasteiger partial charge in [-0.3, -0.25) is 4.79 Å². The zero-order chi connectivity index (χ0) is 20.4. The van der Waals surface area contributed by atoms with Gasteiger partial charge >= 0.3 is 0 Å². The molecular weight excluding hydrogens is 362 g/mol. The maximum atomic E-state index is 12.4. The molecule has 0 fully saturated rings. The highest BCUT2D eigenvalue weighted by Crippen LogP contribution is 2.41. The number of ether oxygens (including phenoxy) is 2. The molecule has 1 amide bonds. The highest BCUT2D eigenvalue weighted by molar-refractivity contribution is 6.04. The van der Waals surface area contributed by atoms with Crippen LogP contribution in [-0.4, -0.2) is 11.5 Å². The molecule has 0 aromatic heterocycles. The van der Waals surface area contributed by atoms with E-state index in [0.717, 1.165) is 34.7 Å². The van der Waals surface area contributed by atoms with Gasteiger partial charge in [0.1, 0.15) is 12.2 Å². The molecule has 0 atom stereocenters. The fraction of sp³-hybridized carbons (Fsp3) is 0.240. The average molecular weight is 387 g/mol. The summed E-state index contributed by atoms with van der Waals surface area (Å²) in [7, 11) is 0. The van der Waals surface area contributed by atoms with Crippen LogP contribution in [0.4, 0.5) is 5.69 Å². The summed E-state index contributed by atoms with van der Waals surface area (Å²) in [5.74, 6) is 1.47. The molecule has 29 heavy (non-hydrogen) atoms. The van der Waals surface area contributed by atoms with Crippen molar-refractivity contribution >= 4 is 11.6 Å². The number of para-hydroxylation sites is 1. The fourth-order valence-electron chi connectivity index (χ4n) is 3.45. The van der Waals surface area contributed by atoms with Gasteiger partial charge in [-0.15, -0.1) is 0 Å². The molecule has 1 N–H and O–H groups in total. The largest absolute Gasteiger partial charge is 0.485 e. The Morgan fingerprint density at radius 3 is 2.48 bits per heavy atom. The Morgan fingerprint density at radius 2 is 1.76 bits per heavy atom. The number of anilines is 1. The van der Waals surface area contributed by atoms with Crippen LogP contribution >= 0.6 is 0 Å². The number of benzene rings is 3. The quantitative estimate of drug-likeness (QED) is 0.625. The molecule has 4 rings (SSSR count). The first kappa shape index (κ1) is 19.1. The van der Waals surface area contributed by atoms with E-state index >= 15 is 0 Å². The highest BCUT2D eigenvalue weighted by Gasteiger charge is 2.32. The van der Waals surface area contributed by atoms with Gasteiger partial charge in [0, 0.05) is 23.2 Å². The van der Waals surface area contributed by atoms with Crippen LogP contribution in [0.2, 0.25) is 0 Å². The summed E-state index contributed by atoms with van der Waals surface area (Å²) in [6.07, 6.45) is 0.879. The third kappa shape index (κ3) is 4.43. The number of nitrogens with one attached hydrogen (secondary N) is 1. The molecule has 3 aromatic rings. The van der Waals surface area contributed by atoms with Crippen LogP contribution in [0, 0.1) is 6.92 Å². The summed E-state index contributed by atoms with van der Waals surface area (Å²) < 4.78 is 12.1. The molecule has 148 valence electrons. The van der Waals surface area contributed by atoms with Crippen LogP contribution in [0.5, 0.6) is 11.5 Å². The third-order valence-electron chi connectivity index (χ3n) is 4.97. The Kier molecular flexibility index (Phi) is 5.01. The fourth-order valence-corrected chi connectivity index (χ4v) is 3.45. The number of fused-ring (bicyclic) bond motifs is 1. The van der Waals surface area contributed by atoms with Gasteiger partial charge in [0.15, 0.2) is 11.5 Å². The molecule has 0 unspecified atom stereocenters. The van der Waals surface area contributed by atoms with E-state index in [0.29, 0.717) is 12.2 Å². The normalized spacial score (nSPS) is 14.0. The van der Waals surface area contributed by atoms with Crippen molar-refractivity contribution in [3.8, 4) is 11.5 Å². The zero-order valence-corrected chi connectivity index (χ0v) is 17.0. The van der Waals surface area contributed by atoms with Gasteiger partial charge in [-0.05, 0) is 56.7 Å². The van der Waals surface area contributed by atoms with Crippen LogP contribution in [0.3, 0.4) is 0 Å². The van der Waals surface area contributed by atoms with Crippen molar-refractivity contribution in [2.24, 2.45) is 0 Å². The number of carbonyl (C=O) groups excluding carboxylic acids is 1. The Morgan fingerprint density at radius 1 is 1.03 bits per heavy atom. The Hall–Kier alpha value is -3.27. The van der Waals surface area contributed by atoms with E-state index in [-0.39, 0.29) is 11.5 Å². The first-order valence-corrected chi connectivity index (χ1v) is 9.80. The van der Waals surface area contributed by atoms with E-state index in [1.165, 1.54) is 5.56 Å². The van der Waals surface area contributed by atoms with Crippen LogP contribution in [0.25, 0.3) is 0 Å². The van der Waals surface area contributed by atoms with Crippen molar-refractivity contribution in [2.45, 2.75) is 39.4 Å². The van der Waals surface area contributed by atoms with Gasteiger partial charge in [0.25, 0.3) is 5.91 Å². The lowest BCUT2D eigenvalue weighted by molar-refractivity contribution is 0.102. The van der Waals surface area contributed by atoms with Crippen LogP contribution in [0.15, 0.2) is 66.7 Å². The molecule has 4 heteroatoms. The summed E-state index contributed by atoms with van der Waals surface area (Å²) in [5.41, 5.74) is 4.52. The first-order valence-electron chi connectivity index (χ1n) is 9.80. The summed E-state index contributed by atoms with van der Waals surface area (Å²) in [5, 5.41) is 2.91. The second-order valence-corrected chi connectivity index (χ2v) is 8.09. The first-order chi connectivity index (χ1) is 13.9. The van der Waals surface area contributed by atoms with Crippen molar-refractivity contribution in [3.05, 3.63) is 89.0 Å². The molecule has 0 saturated carbocycles. The average Bonchev–Trinajstić information content (AvgIpc) is 3.03. The van der Waals surface area contributed by atoms with Crippen molar-refractivity contribution in [1.82, 2.24) is 0 Å². The van der Waals surface area contributed by atoms with E-state index in [2.05, 4.69) is 25.2 Å². The van der Waals surface area contributed by atoms with Gasteiger partial charge in [-0.1, -0.05) is 42.0 Å². The van der Waals surface area contributed by atoms with Crippen LogP contribution < -0.4 is 14.8 Å². The van der Waals surface area contributed by atoms with E-state index in [9.17, 15) is 4.79 Å². The minimum atomic E-state index is -0.200. The minimum absolute atomic E-state index is 0.127. The second-order valence-electron chi connectivity index (χ2n) is 8.09. The van der Waals surface area contributed by atoms with E-state index in [4.69, 9.17) is 9.47 Å². The number of rotatable bonds is 5. The summed E-state index contributed by atoms with van der Waals surface area (Å²) in [6.45, 7) is 6.59. The lowest BCUT2D eigenvalue weighted by Crippen LogP contribution is -2.24. The number of aryl methyl sites for hydroxylation is 1. The smallest absolute Gasteiger partial charge is 0.255 e. The standard InChI is InChI=1S/C25H25NO3/c1-17-7-13-21(14-8-17)26-24(27)19-11-9-18(10-12-19)16-28-22-6-4-5-20-15-25(2,3)29-23(20)22/h4-14H,15-16H2,1-3H3,(H,26,27). The Bertz CT molecular complexity index is 1020. The molecule has 0 radical (unpaired) electrons. The molecule has 4 nitrogen and oxygen atoms in total. The maximum Gasteiger partial charge on any atom is 0.255 e. The predicted molar refractivity (Wildman–Crippen MR) is 115 cm³/mol. The SMILES string of the molecule is Cc1ccc(NC(=O)c2ccc(COc3cccc4c3OC(C)(C)C4)cc2)cc1. The van der Waals surface area contributed by atoms with E-state index < -0.39 is 0 Å². The molecular formula is C25H25NO3. The second kappa shape index (κ2) is 7.63. The molecule has 0 aliphatic carbocycles. The van der Waals surface area contributed by atoms with Gasteiger partial charge in [-0.2, -0.15) is 0 Å². The van der Waals surface area contributed by atoms with Gasteiger partial charge in [-0.25, -0.2) is 0 Å².